The van der Waals surface area contributed by atoms with Crippen LogP contribution in [-0.4, -0.2) is 21.6 Å². The number of fused-ring (bicyclic) bond motifs is 1. The maximum absolute atomic E-state index is 14.1. The molecule has 2 heterocycles. The van der Waals surface area contributed by atoms with Crippen molar-refractivity contribution in [3.05, 3.63) is 17.9 Å². The van der Waals surface area contributed by atoms with Gasteiger partial charge in [-0.2, -0.15) is 0 Å². The van der Waals surface area contributed by atoms with Gasteiger partial charge in [-0.05, 0) is 49.6 Å². The second-order valence-electron chi connectivity index (χ2n) is 5.58. The Morgan fingerprint density at radius 2 is 2.23 bits per heavy atom. The molecular formula is C15H18FN2NaOS2. The van der Waals surface area contributed by atoms with E-state index in [0.717, 1.165) is 22.7 Å². The number of benzene rings is 1. The summed E-state index contributed by atoms with van der Waals surface area (Å²) in [4.78, 5) is 7.27. The first-order valence-electron chi connectivity index (χ1n) is 7.32. The van der Waals surface area contributed by atoms with E-state index >= 15 is 0 Å². The fraction of sp³-hybridized carbons (Fsp3) is 0.533. The Labute approximate surface area is 160 Å². The summed E-state index contributed by atoms with van der Waals surface area (Å²) >= 11 is 1.82. The van der Waals surface area contributed by atoms with Crippen molar-refractivity contribution in [3.63, 3.8) is 0 Å². The van der Waals surface area contributed by atoms with Crippen LogP contribution in [0.25, 0.3) is 10.2 Å². The molecule has 0 spiro atoms. The quantitative estimate of drug-likeness (QED) is 0.627. The fourth-order valence-corrected chi connectivity index (χ4v) is 4.73. The molecular weight excluding hydrogens is 330 g/mol. The van der Waals surface area contributed by atoms with E-state index in [1.54, 1.807) is 6.07 Å². The van der Waals surface area contributed by atoms with Crippen molar-refractivity contribution in [3.8, 4) is 0 Å². The molecule has 2 atom stereocenters. The van der Waals surface area contributed by atoms with Crippen LogP contribution in [0.2, 0.25) is 0 Å². The predicted molar refractivity (Wildman–Crippen MR) is 86.1 cm³/mol. The smallest absolute Gasteiger partial charge is 0.795 e. The first-order chi connectivity index (χ1) is 10.1. The second-order valence-corrected chi connectivity index (χ2v) is 7.23. The molecule has 3 rings (SSSR count). The summed E-state index contributed by atoms with van der Waals surface area (Å²) in [5.41, 5.74) is 0.389. The molecule has 1 fully saturated rings. The largest absolute Gasteiger partial charge is 1.00 e. The Kier molecular flexibility index (Phi) is 6.57. The van der Waals surface area contributed by atoms with Gasteiger partial charge in [-0.3, -0.25) is 0 Å². The number of anilines is 1. The Hall–Kier alpha value is 0.150. The van der Waals surface area contributed by atoms with Crippen molar-refractivity contribution < 1.29 is 38.5 Å². The minimum absolute atomic E-state index is 0. The van der Waals surface area contributed by atoms with Crippen LogP contribution in [0.3, 0.4) is 0 Å². The average molecular weight is 348 g/mol. The van der Waals surface area contributed by atoms with Crippen molar-refractivity contribution in [1.82, 2.24) is 4.98 Å². The molecule has 0 N–H and O–H groups in total. The van der Waals surface area contributed by atoms with Crippen LogP contribution in [0.1, 0.15) is 39.5 Å². The molecule has 1 aliphatic rings. The number of rotatable bonds is 3. The average Bonchev–Trinajstić information content (AvgIpc) is 2.90. The summed E-state index contributed by atoms with van der Waals surface area (Å²) in [7, 11) is 0. The van der Waals surface area contributed by atoms with Crippen molar-refractivity contribution in [2.24, 2.45) is 0 Å². The van der Waals surface area contributed by atoms with Crippen LogP contribution in [0.5, 0.6) is 0 Å². The summed E-state index contributed by atoms with van der Waals surface area (Å²) in [5, 5.41) is 0.885. The van der Waals surface area contributed by atoms with Gasteiger partial charge in [0.1, 0.15) is 5.52 Å². The van der Waals surface area contributed by atoms with E-state index in [2.05, 4.69) is 23.7 Å². The minimum Gasteiger partial charge on any atom is -0.795 e. The Morgan fingerprint density at radius 3 is 2.91 bits per heavy atom. The van der Waals surface area contributed by atoms with Gasteiger partial charge in [0.05, 0.1) is 4.70 Å². The van der Waals surface area contributed by atoms with E-state index < -0.39 is 5.82 Å². The van der Waals surface area contributed by atoms with Gasteiger partial charge in [0.25, 0.3) is 0 Å². The molecule has 1 aliphatic heterocycles. The first kappa shape index (κ1) is 18.5. The number of nitrogens with zero attached hydrogens (tertiary/aromatic N) is 2. The molecule has 22 heavy (non-hydrogen) atoms. The third-order valence-electron chi connectivity index (χ3n) is 4.23. The summed E-state index contributed by atoms with van der Waals surface area (Å²) in [6, 6.07) is 3.93. The third-order valence-corrected chi connectivity index (χ3v) is 5.67. The van der Waals surface area contributed by atoms with Crippen LogP contribution in [0.15, 0.2) is 17.0 Å². The monoisotopic (exact) mass is 348 g/mol. The molecule has 0 radical (unpaired) electrons. The van der Waals surface area contributed by atoms with E-state index in [4.69, 9.17) is 0 Å². The summed E-state index contributed by atoms with van der Waals surface area (Å²) < 4.78 is 25.7. The zero-order valence-electron chi connectivity index (χ0n) is 13.1. The maximum Gasteiger partial charge on any atom is 1.00 e. The second kappa shape index (κ2) is 7.81. The van der Waals surface area contributed by atoms with Crippen molar-refractivity contribution in [1.29, 1.82) is 0 Å². The van der Waals surface area contributed by atoms with Crippen LogP contribution >= 0.6 is 23.4 Å². The number of hydrogen-bond donors (Lipinski definition) is 0. The van der Waals surface area contributed by atoms with Crippen LogP contribution < -0.4 is 34.5 Å². The van der Waals surface area contributed by atoms with Gasteiger partial charge >= 0.3 is 29.6 Å². The normalized spacial score (nSPS) is 21.9. The molecule has 114 valence electrons. The number of thiazole rings is 1. The number of piperidine rings is 1. The van der Waals surface area contributed by atoms with Crippen LogP contribution in [0.4, 0.5) is 9.52 Å². The van der Waals surface area contributed by atoms with E-state index in [9.17, 15) is 8.94 Å². The minimum atomic E-state index is -0.397. The molecule has 1 aromatic heterocycles. The van der Waals surface area contributed by atoms with E-state index in [1.165, 1.54) is 30.2 Å². The van der Waals surface area contributed by atoms with Crippen LogP contribution in [0, 0.1) is 5.82 Å². The van der Waals surface area contributed by atoms with Crippen molar-refractivity contribution in [2.45, 2.75) is 56.5 Å². The number of halogens is 1. The van der Waals surface area contributed by atoms with Gasteiger partial charge in [-0.25, -0.2) is 21.4 Å². The van der Waals surface area contributed by atoms with Gasteiger partial charge in [-0.15, -0.1) is 0 Å². The standard InChI is InChI=1S/C15H19FN2OS2.Na/c1-3-10-6-4-5-9(2)18(10)15-17-14-12(16)7-11(21-19)8-13(14)20-15;/h7-10,19H,3-6H2,1-2H3;/q;+1/p-1/t9?,10-;/m1./s1. The molecule has 1 unspecified atom stereocenters. The molecule has 0 saturated carbocycles. The van der Waals surface area contributed by atoms with Gasteiger partial charge in [0.15, 0.2) is 10.9 Å². The predicted octanol–water partition coefficient (Wildman–Crippen LogP) is 1.82. The number of hydrogen-bond acceptors (Lipinski definition) is 5. The molecule has 1 saturated heterocycles. The van der Waals surface area contributed by atoms with E-state index in [-0.39, 0.29) is 29.6 Å². The maximum atomic E-state index is 14.1. The molecule has 0 aliphatic carbocycles. The molecule has 0 amide bonds. The summed E-state index contributed by atoms with van der Waals surface area (Å²) in [6.45, 7) is 4.40. The molecule has 2 aromatic rings. The zero-order valence-corrected chi connectivity index (χ0v) is 16.8. The van der Waals surface area contributed by atoms with Crippen molar-refractivity contribution in [2.75, 3.05) is 4.90 Å². The van der Waals surface area contributed by atoms with E-state index in [1.807, 2.05) is 0 Å². The zero-order chi connectivity index (χ0) is 15.0. The Balaban J connectivity index is 0.00000176. The number of aromatic nitrogens is 1. The fourth-order valence-electron chi connectivity index (χ4n) is 3.14. The summed E-state index contributed by atoms with van der Waals surface area (Å²) in [5.74, 6) is -0.397. The molecule has 1 aromatic carbocycles. The van der Waals surface area contributed by atoms with Crippen LogP contribution in [-0.2, 0) is 0 Å². The molecule has 3 nitrogen and oxygen atoms in total. The SMILES string of the molecule is CC[C@@H]1CCCC(C)N1c1nc2c(F)cc(S[O-])cc2s1.[Na+]. The van der Waals surface area contributed by atoms with Gasteiger partial charge in [-0.1, -0.05) is 18.3 Å². The van der Waals surface area contributed by atoms with Gasteiger partial charge < -0.3 is 9.45 Å². The van der Waals surface area contributed by atoms with Gasteiger partial charge in [0, 0.05) is 12.1 Å². The summed E-state index contributed by atoms with van der Waals surface area (Å²) in [6.07, 6.45) is 4.63. The van der Waals surface area contributed by atoms with E-state index in [0.29, 0.717) is 34.5 Å². The van der Waals surface area contributed by atoms with Gasteiger partial charge in [0.2, 0.25) is 0 Å². The third kappa shape index (κ3) is 3.47. The Bertz CT molecular complexity index is 652. The first-order valence-corrected chi connectivity index (χ1v) is 8.88. The molecule has 7 heteroatoms. The topological polar surface area (TPSA) is 39.2 Å². The Morgan fingerprint density at radius 1 is 1.45 bits per heavy atom. The molecule has 0 bridgehead atoms. The van der Waals surface area contributed by atoms with Crippen molar-refractivity contribution >= 4 is 38.7 Å².